The van der Waals surface area contributed by atoms with Gasteiger partial charge in [-0.15, -0.1) is 0 Å². The van der Waals surface area contributed by atoms with Crippen LogP contribution in [0, 0.1) is 6.92 Å². The van der Waals surface area contributed by atoms with Crippen LogP contribution in [-0.2, 0) is 6.42 Å². The maximum atomic E-state index is 5.85. The van der Waals surface area contributed by atoms with Gasteiger partial charge in [-0.3, -0.25) is 0 Å². The fraction of sp³-hybridized carbons (Fsp3) is 0.455. The summed E-state index contributed by atoms with van der Waals surface area (Å²) in [6.45, 7) is 4.27. The minimum absolute atomic E-state index is 0.578. The van der Waals surface area contributed by atoms with E-state index in [9.17, 15) is 0 Å². The first-order valence-electron chi connectivity index (χ1n) is 4.82. The SMILES string of the molecule is Cc1cc2c(cc1N)NC(C)CC2. The van der Waals surface area contributed by atoms with Gasteiger partial charge < -0.3 is 11.1 Å². The number of rotatable bonds is 0. The van der Waals surface area contributed by atoms with E-state index >= 15 is 0 Å². The highest BCUT2D eigenvalue weighted by Gasteiger charge is 2.14. The molecule has 0 aromatic heterocycles. The van der Waals surface area contributed by atoms with Gasteiger partial charge in [0.25, 0.3) is 0 Å². The number of benzene rings is 1. The molecule has 13 heavy (non-hydrogen) atoms. The Kier molecular flexibility index (Phi) is 1.91. The van der Waals surface area contributed by atoms with Gasteiger partial charge in [0.15, 0.2) is 0 Å². The number of nitrogens with one attached hydrogen (secondary N) is 1. The monoisotopic (exact) mass is 176 g/mol. The van der Waals surface area contributed by atoms with Crippen LogP contribution in [0.5, 0.6) is 0 Å². The third-order valence-electron chi connectivity index (χ3n) is 2.74. The molecule has 0 saturated carbocycles. The summed E-state index contributed by atoms with van der Waals surface area (Å²) in [7, 11) is 0. The lowest BCUT2D eigenvalue weighted by atomic mass is 9.96. The second kappa shape index (κ2) is 2.95. The first-order chi connectivity index (χ1) is 6.16. The third-order valence-corrected chi connectivity index (χ3v) is 2.74. The van der Waals surface area contributed by atoms with E-state index < -0.39 is 0 Å². The molecular weight excluding hydrogens is 160 g/mol. The molecule has 0 spiro atoms. The van der Waals surface area contributed by atoms with Crippen LogP contribution in [-0.4, -0.2) is 6.04 Å². The van der Waals surface area contributed by atoms with E-state index in [1.165, 1.54) is 29.7 Å². The van der Waals surface area contributed by atoms with Crippen molar-refractivity contribution in [2.24, 2.45) is 0 Å². The van der Waals surface area contributed by atoms with Gasteiger partial charge in [0.2, 0.25) is 0 Å². The van der Waals surface area contributed by atoms with E-state index in [-0.39, 0.29) is 0 Å². The minimum atomic E-state index is 0.578. The Hall–Kier alpha value is -1.18. The first-order valence-corrected chi connectivity index (χ1v) is 4.82. The van der Waals surface area contributed by atoms with Crippen LogP contribution in [0.1, 0.15) is 24.5 Å². The summed E-state index contributed by atoms with van der Waals surface area (Å²) in [5.41, 5.74) is 10.6. The van der Waals surface area contributed by atoms with Crippen molar-refractivity contribution >= 4 is 11.4 Å². The summed E-state index contributed by atoms with van der Waals surface area (Å²) in [6, 6.07) is 4.83. The highest BCUT2D eigenvalue weighted by atomic mass is 14.9. The fourth-order valence-electron chi connectivity index (χ4n) is 1.84. The van der Waals surface area contributed by atoms with Gasteiger partial charge in [0, 0.05) is 17.4 Å². The molecule has 1 heterocycles. The molecule has 0 radical (unpaired) electrons. The van der Waals surface area contributed by atoms with Crippen molar-refractivity contribution in [3.8, 4) is 0 Å². The molecule has 70 valence electrons. The van der Waals surface area contributed by atoms with E-state index in [0.717, 1.165) is 5.69 Å². The normalized spacial score (nSPS) is 20.6. The number of anilines is 2. The maximum absolute atomic E-state index is 5.85. The van der Waals surface area contributed by atoms with E-state index in [2.05, 4.69) is 31.3 Å². The molecule has 1 aliphatic rings. The van der Waals surface area contributed by atoms with E-state index in [4.69, 9.17) is 5.73 Å². The molecule has 1 aromatic rings. The molecule has 0 amide bonds. The molecule has 2 nitrogen and oxygen atoms in total. The maximum Gasteiger partial charge on any atom is 0.0395 e. The zero-order valence-corrected chi connectivity index (χ0v) is 8.22. The molecule has 3 N–H and O–H groups in total. The van der Waals surface area contributed by atoms with Gasteiger partial charge in [-0.25, -0.2) is 0 Å². The topological polar surface area (TPSA) is 38.0 Å². The molecular formula is C11H16N2. The second-order valence-corrected chi connectivity index (χ2v) is 3.95. The molecule has 0 saturated heterocycles. The Morgan fingerprint density at radius 2 is 2.23 bits per heavy atom. The van der Waals surface area contributed by atoms with E-state index in [1.807, 2.05) is 0 Å². The second-order valence-electron chi connectivity index (χ2n) is 3.95. The van der Waals surface area contributed by atoms with Crippen molar-refractivity contribution in [2.75, 3.05) is 11.1 Å². The molecule has 1 unspecified atom stereocenters. The third kappa shape index (κ3) is 1.48. The zero-order chi connectivity index (χ0) is 9.42. The summed E-state index contributed by atoms with van der Waals surface area (Å²) in [5.74, 6) is 0. The lowest BCUT2D eigenvalue weighted by Crippen LogP contribution is -2.22. The summed E-state index contributed by atoms with van der Waals surface area (Å²) in [6.07, 6.45) is 2.39. The highest BCUT2D eigenvalue weighted by molar-refractivity contribution is 5.64. The number of hydrogen-bond acceptors (Lipinski definition) is 2. The van der Waals surface area contributed by atoms with Crippen molar-refractivity contribution < 1.29 is 0 Å². The fourth-order valence-corrected chi connectivity index (χ4v) is 1.84. The van der Waals surface area contributed by atoms with Crippen LogP contribution in [0.15, 0.2) is 12.1 Å². The Morgan fingerprint density at radius 1 is 1.46 bits per heavy atom. The molecule has 2 heteroatoms. The quantitative estimate of drug-likeness (QED) is 0.595. The Balaban J connectivity index is 2.43. The standard InChI is InChI=1S/C11H16N2/c1-7-5-9-4-3-8(2)13-11(9)6-10(7)12/h5-6,8,13H,3-4,12H2,1-2H3. The lowest BCUT2D eigenvalue weighted by molar-refractivity contribution is 0.681. The van der Waals surface area contributed by atoms with Crippen molar-refractivity contribution in [1.82, 2.24) is 0 Å². The predicted molar refractivity (Wildman–Crippen MR) is 57.0 cm³/mol. The van der Waals surface area contributed by atoms with Crippen molar-refractivity contribution in [3.05, 3.63) is 23.3 Å². The summed E-state index contributed by atoms with van der Waals surface area (Å²) >= 11 is 0. The lowest BCUT2D eigenvalue weighted by Gasteiger charge is -2.25. The minimum Gasteiger partial charge on any atom is -0.398 e. The average molecular weight is 176 g/mol. The molecule has 0 aliphatic carbocycles. The van der Waals surface area contributed by atoms with Gasteiger partial charge >= 0.3 is 0 Å². The van der Waals surface area contributed by atoms with Crippen molar-refractivity contribution in [1.29, 1.82) is 0 Å². The molecule has 1 atom stereocenters. The van der Waals surface area contributed by atoms with Crippen LogP contribution in [0.25, 0.3) is 0 Å². The molecule has 1 aromatic carbocycles. The van der Waals surface area contributed by atoms with Crippen molar-refractivity contribution in [2.45, 2.75) is 32.7 Å². The number of aryl methyl sites for hydroxylation is 2. The largest absolute Gasteiger partial charge is 0.398 e. The molecule has 0 bridgehead atoms. The Bertz CT molecular complexity index is 331. The molecule has 1 aliphatic heterocycles. The number of hydrogen-bond donors (Lipinski definition) is 2. The zero-order valence-electron chi connectivity index (χ0n) is 8.22. The number of nitrogen functional groups attached to an aromatic ring is 1. The Labute approximate surface area is 79.1 Å². The van der Waals surface area contributed by atoms with Gasteiger partial charge in [-0.2, -0.15) is 0 Å². The predicted octanol–water partition coefficient (Wildman–Crippen LogP) is 2.32. The van der Waals surface area contributed by atoms with Gasteiger partial charge in [0.1, 0.15) is 0 Å². The van der Waals surface area contributed by atoms with Crippen LogP contribution in [0.4, 0.5) is 11.4 Å². The van der Waals surface area contributed by atoms with Gasteiger partial charge in [0.05, 0.1) is 0 Å². The van der Waals surface area contributed by atoms with Gasteiger partial charge in [-0.1, -0.05) is 6.07 Å². The first kappa shape index (κ1) is 8.42. The average Bonchev–Trinajstić information content (AvgIpc) is 2.08. The van der Waals surface area contributed by atoms with Crippen LogP contribution < -0.4 is 11.1 Å². The molecule has 0 fully saturated rings. The van der Waals surface area contributed by atoms with Crippen LogP contribution >= 0.6 is 0 Å². The summed E-state index contributed by atoms with van der Waals surface area (Å²) in [5, 5.41) is 3.45. The highest BCUT2D eigenvalue weighted by Crippen LogP contribution is 2.28. The number of nitrogens with two attached hydrogens (primary N) is 1. The Morgan fingerprint density at radius 3 is 3.00 bits per heavy atom. The van der Waals surface area contributed by atoms with Crippen LogP contribution in [0.3, 0.4) is 0 Å². The summed E-state index contributed by atoms with van der Waals surface area (Å²) in [4.78, 5) is 0. The number of fused-ring (bicyclic) bond motifs is 1. The van der Waals surface area contributed by atoms with Gasteiger partial charge in [-0.05, 0) is 43.9 Å². The molecule has 2 rings (SSSR count). The van der Waals surface area contributed by atoms with Crippen molar-refractivity contribution in [3.63, 3.8) is 0 Å². The van der Waals surface area contributed by atoms with Crippen LogP contribution in [0.2, 0.25) is 0 Å². The smallest absolute Gasteiger partial charge is 0.0395 e. The summed E-state index contributed by atoms with van der Waals surface area (Å²) < 4.78 is 0. The van der Waals surface area contributed by atoms with E-state index in [1.54, 1.807) is 0 Å². The van der Waals surface area contributed by atoms with E-state index in [0.29, 0.717) is 6.04 Å².